The van der Waals surface area contributed by atoms with Gasteiger partial charge in [0.25, 0.3) is 0 Å². The lowest BCUT2D eigenvalue weighted by atomic mass is 10.1. The number of hydrogen-bond acceptors (Lipinski definition) is 4. The Morgan fingerprint density at radius 2 is 0.607 bits per heavy atom. The van der Waals surface area contributed by atoms with Crippen molar-refractivity contribution < 1.29 is 27.0 Å². The summed E-state index contributed by atoms with van der Waals surface area (Å²) in [5.74, 6) is 4.77. The van der Waals surface area contributed by atoms with E-state index in [2.05, 4.69) is 23.7 Å². The van der Waals surface area contributed by atoms with Gasteiger partial charge in [-0.05, 0) is 121 Å². The molecule has 0 aliphatic heterocycles. The second-order valence-electron chi connectivity index (χ2n) is 12.3. The van der Waals surface area contributed by atoms with E-state index in [0.717, 1.165) is 34.1 Å². The Bertz CT molecular complexity index is 2360. The van der Waals surface area contributed by atoms with Crippen LogP contribution in [0.25, 0.3) is 0 Å². The van der Waals surface area contributed by atoms with Gasteiger partial charge in [-0.1, -0.05) is 60.1 Å². The van der Waals surface area contributed by atoms with Crippen LogP contribution >= 0.6 is 0 Å². The third-order valence-electron chi connectivity index (χ3n) is 8.87. The Morgan fingerprint density at radius 3 is 0.893 bits per heavy atom. The van der Waals surface area contributed by atoms with E-state index < -0.39 is 34.4 Å². The summed E-state index contributed by atoms with van der Waals surface area (Å²) in [6.07, 6.45) is 0. The number of anilines is 6. The van der Waals surface area contributed by atoms with Crippen LogP contribution < -0.4 is 19.3 Å². The molecule has 0 amide bonds. The number of nitrogens with zero attached hydrogens (tertiary/aromatic N) is 2. The fraction of sp³-hybridized carbons (Fsp3) is 0.0417. The van der Waals surface area contributed by atoms with Crippen LogP contribution in [0.3, 0.4) is 0 Å². The van der Waals surface area contributed by atoms with Gasteiger partial charge in [-0.15, -0.1) is 0 Å². The first-order valence-corrected chi connectivity index (χ1v) is 17.4. The zero-order valence-electron chi connectivity index (χ0n) is 30.2. The van der Waals surface area contributed by atoms with E-state index in [-0.39, 0.29) is 0 Å². The first kappa shape index (κ1) is 36.9. The average Bonchev–Trinajstić information content (AvgIpc) is 3.25. The summed E-state index contributed by atoms with van der Waals surface area (Å²) < 4.78 is 71.7. The molecule has 0 spiro atoms. The van der Waals surface area contributed by atoms with Crippen LogP contribution in [0.5, 0.6) is 11.5 Å². The molecule has 0 aliphatic rings. The van der Waals surface area contributed by atoms with E-state index in [0.29, 0.717) is 22.6 Å². The van der Waals surface area contributed by atoms with E-state index in [1.54, 1.807) is 62.8 Å². The van der Waals surface area contributed by atoms with Crippen LogP contribution in [0, 0.1) is 47.0 Å². The number of halogens is 4. The lowest BCUT2D eigenvalue weighted by molar-refractivity contribution is 0.414. The van der Waals surface area contributed by atoms with Crippen molar-refractivity contribution in [3.05, 3.63) is 203 Å². The smallest absolute Gasteiger partial charge is 0.178 e. The SMILES string of the molecule is COc1ccc(N(c2ccccc2)c2ccc(C#Cc3c(F)c(F)c(C#Cc4ccc(N(c5ccccc5)c5ccc(OC)cc5)cc4)c(F)c3F)cc2)cc1. The van der Waals surface area contributed by atoms with Gasteiger partial charge in [0.05, 0.1) is 14.2 Å². The Kier molecular flexibility index (Phi) is 11.0. The fourth-order valence-electron chi connectivity index (χ4n) is 6.02. The molecule has 0 atom stereocenters. The van der Waals surface area contributed by atoms with E-state index >= 15 is 17.6 Å². The number of benzene rings is 7. The molecular weight excluding hydrogens is 713 g/mol. The Morgan fingerprint density at radius 1 is 0.339 bits per heavy atom. The summed E-state index contributed by atoms with van der Waals surface area (Å²) in [5.41, 5.74) is 3.79. The summed E-state index contributed by atoms with van der Waals surface area (Å²) in [4.78, 5) is 4.02. The standard InChI is InChI=1S/C48H32F4N2O2/c1-55-41-27-23-39(24-28-41)53(35-9-5-3-6-10-35)37-19-13-33(14-20-37)17-31-43-45(49)47(51)44(48(52)46(43)50)32-18-34-15-21-38(22-16-34)54(36-11-7-4-8-12-36)40-25-29-42(56-2)30-26-40/h3-16,19-30H,1-2H3. The van der Waals surface area contributed by atoms with Gasteiger partial charge in [-0.3, -0.25) is 0 Å². The molecule has 0 bridgehead atoms. The maximum atomic E-state index is 15.3. The van der Waals surface area contributed by atoms with Crippen LogP contribution in [0.4, 0.5) is 51.7 Å². The topological polar surface area (TPSA) is 24.9 Å². The Hall–Kier alpha value is -7.42. The van der Waals surface area contributed by atoms with Gasteiger partial charge in [0.1, 0.15) is 22.6 Å². The molecule has 0 unspecified atom stereocenters. The monoisotopic (exact) mass is 744 g/mol. The summed E-state index contributed by atoms with van der Waals surface area (Å²) in [6, 6.07) is 48.2. The molecular formula is C48H32F4N2O2. The third kappa shape index (κ3) is 7.91. The molecule has 0 fully saturated rings. The Balaban J connectivity index is 1.13. The zero-order valence-corrected chi connectivity index (χ0v) is 30.2. The molecule has 7 aromatic carbocycles. The predicted octanol–water partition coefficient (Wildman–Crippen LogP) is 12.0. The lowest BCUT2D eigenvalue weighted by Gasteiger charge is -2.25. The molecule has 0 aromatic heterocycles. The first-order chi connectivity index (χ1) is 27.3. The number of methoxy groups -OCH3 is 2. The second-order valence-corrected chi connectivity index (χ2v) is 12.3. The number of ether oxygens (including phenoxy) is 2. The highest BCUT2D eigenvalue weighted by atomic mass is 19.2. The molecule has 56 heavy (non-hydrogen) atoms. The highest BCUT2D eigenvalue weighted by Gasteiger charge is 2.24. The predicted molar refractivity (Wildman–Crippen MR) is 214 cm³/mol. The van der Waals surface area contributed by atoms with Gasteiger partial charge in [-0.2, -0.15) is 0 Å². The van der Waals surface area contributed by atoms with Gasteiger partial charge in [0.2, 0.25) is 0 Å². The molecule has 0 saturated carbocycles. The zero-order chi connectivity index (χ0) is 39.0. The molecule has 0 aliphatic carbocycles. The first-order valence-electron chi connectivity index (χ1n) is 17.4. The second kappa shape index (κ2) is 16.7. The quantitative estimate of drug-likeness (QED) is 0.0879. The van der Waals surface area contributed by atoms with Crippen molar-refractivity contribution in [1.29, 1.82) is 0 Å². The van der Waals surface area contributed by atoms with Gasteiger partial charge in [0, 0.05) is 45.3 Å². The van der Waals surface area contributed by atoms with Gasteiger partial charge in [0.15, 0.2) is 23.3 Å². The fourth-order valence-corrected chi connectivity index (χ4v) is 6.02. The van der Waals surface area contributed by atoms with Crippen molar-refractivity contribution in [2.45, 2.75) is 0 Å². The average molecular weight is 745 g/mol. The summed E-state index contributed by atoms with van der Waals surface area (Å²) in [6.45, 7) is 0. The van der Waals surface area contributed by atoms with E-state index in [1.807, 2.05) is 119 Å². The minimum Gasteiger partial charge on any atom is -0.497 e. The molecule has 0 N–H and O–H groups in total. The number of rotatable bonds is 8. The normalized spacial score (nSPS) is 10.4. The van der Waals surface area contributed by atoms with Crippen LogP contribution in [0.1, 0.15) is 22.3 Å². The molecule has 4 nitrogen and oxygen atoms in total. The van der Waals surface area contributed by atoms with E-state index in [4.69, 9.17) is 9.47 Å². The van der Waals surface area contributed by atoms with Crippen molar-refractivity contribution >= 4 is 34.1 Å². The molecule has 0 heterocycles. The van der Waals surface area contributed by atoms with Gasteiger partial charge >= 0.3 is 0 Å². The molecule has 274 valence electrons. The van der Waals surface area contributed by atoms with Crippen LogP contribution in [0.15, 0.2) is 158 Å². The van der Waals surface area contributed by atoms with Crippen molar-refractivity contribution in [3.63, 3.8) is 0 Å². The van der Waals surface area contributed by atoms with Crippen LogP contribution in [-0.2, 0) is 0 Å². The summed E-state index contributed by atoms with van der Waals surface area (Å²) in [7, 11) is 3.19. The largest absolute Gasteiger partial charge is 0.497 e. The van der Waals surface area contributed by atoms with Crippen molar-refractivity contribution in [3.8, 4) is 35.2 Å². The highest BCUT2D eigenvalue weighted by molar-refractivity contribution is 5.78. The van der Waals surface area contributed by atoms with Crippen LogP contribution in [0.2, 0.25) is 0 Å². The summed E-state index contributed by atoms with van der Waals surface area (Å²) >= 11 is 0. The maximum Gasteiger partial charge on any atom is 0.178 e. The number of para-hydroxylation sites is 2. The highest BCUT2D eigenvalue weighted by Crippen LogP contribution is 2.37. The Labute approximate surface area is 322 Å². The lowest BCUT2D eigenvalue weighted by Crippen LogP contribution is -2.09. The molecule has 0 radical (unpaired) electrons. The van der Waals surface area contributed by atoms with Crippen LogP contribution in [-0.4, -0.2) is 14.2 Å². The molecule has 0 saturated heterocycles. The maximum absolute atomic E-state index is 15.3. The molecule has 7 aromatic rings. The van der Waals surface area contributed by atoms with Crippen molar-refractivity contribution in [1.82, 2.24) is 0 Å². The van der Waals surface area contributed by atoms with Gasteiger partial charge in [-0.25, -0.2) is 17.6 Å². The van der Waals surface area contributed by atoms with Crippen molar-refractivity contribution in [2.75, 3.05) is 24.0 Å². The molecule has 7 rings (SSSR count). The van der Waals surface area contributed by atoms with Gasteiger partial charge < -0.3 is 19.3 Å². The molecule has 8 heteroatoms. The number of hydrogen-bond donors (Lipinski definition) is 0. The van der Waals surface area contributed by atoms with E-state index in [9.17, 15) is 0 Å². The van der Waals surface area contributed by atoms with E-state index in [1.165, 1.54) is 0 Å². The minimum atomic E-state index is -1.62. The van der Waals surface area contributed by atoms with Crippen molar-refractivity contribution in [2.24, 2.45) is 0 Å². The minimum absolute atomic E-state index is 0.376. The summed E-state index contributed by atoms with van der Waals surface area (Å²) in [5, 5.41) is 0. The third-order valence-corrected chi connectivity index (χ3v) is 8.87.